The number of hydrogen-bond donors (Lipinski definition) is 0. The predicted octanol–water partition coefficient (Wildman–Crippen LogP) is 17.0. The molecule has 0 aromatic carbocycles. The van der Waals surface area contributed by atoms with Gasteiger partial charge in [0, 0.05) is 16.9 Å². The van der Waals surface area contributed by atoms with Gasteiger partial charge in [-0.05, 0) is 52.0 Å². The normalized spacial score (nSPS) is 20.0. The van der Waals surface area contributed by atoms with E-state index in [9.17, 15) is 0 Å². The third-order valence-electron chi connectivity index (χ3n) is 14.6. The Kier molecular flexibility index (Phi) is 45.7. The van der Waals surface area contributed by atoms with E-state index in [1.54, 1.807) is 77.0 Å². The van der Waals surface area contributed by atoms with Gasteiger partial charge in [-0.2, -0.15) is 0 Å². The largest absolute Gasteiger partial charge is 2.00 e. The predicted molar refractivity (Wildman–Crippen MR) is 265 cm³/mol. The Morgan fingerprint density at radius 1 is 0.446 bits per heavy atom. The molecule has 6 saturated carbocycles. The molecular weight excluding hydrogens is 868 g/mol. The second-order valence-electron chi connectivity index (χ2n) is 19.4. The Labute approximate surface area is 392 Å². The topological polar surface area (TPSA) is 0 Å². The van der Waals surface area contributed by atoms with E-state index in [-0.39, 0.29) is 80.1 Å². The molecule has 0 N–H and O–H groups in total. The van der Waals surface area contributed by atoms with E-state index in [1.165, 1.54) is 99.2 Å². The molecule has 0 aromatic rings. The van der Waals surface area contributed by atoms with Crippen LogP contribution in [0.25, 0.3) is 0 Å². The molecule has 0 saturated heterocycles. The first-order valence-electron chi connectivity index (χ1n) is 21.5. The third kappa shape index (κ3) is 24.8. The van der Waals surface area contributed by atoms with Gasteiger partial charge >= 0.3 is 55.1 Å². The zero-order valence-corrected chi connectivity index (χ0v) is 47.7. The molecule has 0 radical (unpaired) electrons. The van der Waals surface area contributed by atoms with Gasteiger partial charge in [0.1, 0.15) is 8.07 Å². The number of rotatable bonds is 6. The van der Waals surface area contributed by atoms with Crippen LogP contribution in [0.15, 0.2) is 0 Å². The van der Waals surface area contributed by atoms with Crippen LogP contribution in [0.5, 0.6) is 0 Å². The standard InChI is InChI=1S/C12H24Si.C12H18Si.C11H22Si.C8H18Si.5CH3.CH2.3Fe/c1-13(2,11-7-3-4-8-11)12-9-5-6-10-12;1-4-5-8-11-13(2,3)12-9-6-7-10-12;1-12(10-6-2-3-7-10)11-8-4-5-9-11;1-9(2,3)8-6-4-5-7-8;;;;;;;;;/h11-12H,3-10H2,1-2H3;12H,6-7,9-10H2,1-3H3;10-12H,2-9H2,1H3;8H,4-7H2,1-3H3;5*1H3;1H2;;;/q;;;;5*-1;;+1;2*+2. The van der Waals surface area contributed by atoms with Crippen molar-refractivity contribution in [3.8, 4) is 23.3 Å². The molecule has 0 spiro atoms. The van der Waals surface area contributed by atoms with E-state index in [0.29, 0.717) is 0 Å². The summed E-state index contributed by atoms with van der Waals surface area (Å²) in [6, 6.07) is 0. The minimum atomic E-state index is -1.27. The summed E-state index contributed by atoms with van der Waals surface area (Å²) in [5.74, 6) is 8.68. The van der Waals surface area contributed by atoms with Crippen molar-refractivity contribution in [1.29, 1.82) is 0 Å². The minimum Gasteiger partial charge on any atom is -0.358 e. The van der Waals surface area contributed by atoms with Crippen molar-refractivity contribution in [2.45, 2.75) is 247 Å². The van der Waals surface area contributed by atoms with Gasteiger partial charge in [-0.1, -0.05) is 212 Å². The Morgan fingerprint density at radius 2 is 0.714 bits per heavy atom. The second-order valence-corrected chi connectivity index (χ2v) is 38.3. The van der Waals surface area contributed by atoms with Crippen molar-refractivity contribution in [1.82, 2.24) is 0 Å². The maximum absolute atomic E-state index is 3.42. The molecule has 0 aliphatic heterocycles. The zero-order valence-electron chi connectivity index (χ0n) is 40.3. The molecule has 0 aromatic heterocycles. The summed E-state index contributed by atoms with van der Waals surface area (Å²) < 4.78 is 0. The fraction of sp³-hybridized carbons (Fsp3) is 0.796. The fourth-order valence-corrected chi connectivity index (χ4v) is 23.7. The van der Waals surface area contributed by atoms with Crippen LogP contribution < -0.4 is 0 Å². The monoisotopic (exact) mass is 967 g/mol. The van der Waals surface area contributed by atoms with Crippen LogP contribution in [0.2, 0.25) is 85.6 Å². The summed E-state index contributed by atoms with van der Waals surface area (Å²) >= 11 is 3.00. The molecule has 0 heterocycles. The summed E-state index contributed by atoms with van der Waals surface area (Å²) in [6.07, 6.45) is 36.8. The molecule has 0 nitrogen and oxygen atoms in total. The quantitative estimate of drug-likeness (QED) is 0.141. The van der Waals surface area contributed by atoms with E-state index in [4.69, 9.17) is 0 Å². The summed E-state index contributed by atoms with van der Waals surface area (Å²) in [5.41, 5.74) is 13.4. The third-order valence-corrected chi connectivity index (χ3v) is 30.7. The SMILES string of the molecule is CC#CC#C[Si](C)(C)C1CCCC1.C[SiH](C1CCCC1)C1CCCC1.C[Si](C)(C)C1CCCC1.C[Si](C)(C1CCCC1)C1CCCC1.[CH2]=[Fe+].[CH3-].[CH3-].[CH3-].[CH3-].[CH3-].[Fe+2].[Fe+2]. The van der Waals surface area contributed by atoms with Crippen LogP contribution in [0, 0.1) is 60.4 Å². The van der Waals surface area contributed by atoms with Crippen LogP contribution in [0.4, 0.5) is 0 Å². The molecule has 6 rings (SSSR count). The first-order valence-corrected chi connectivity index (χ1v) is 34.6. The van der Waals surface area contributed by atoms with Crippen molar-refractivity contribution >= 4 is 38.4 Å². The maximum Gasteiger partial charge on any atom is 2.00 e. The molecule has 0 unspecified atom stereocenters. The Balaban J connectivity index is -0.000000142. The van der Waals surface area contributed by atoms with Gasteiger partial charge in [0.2, 0.25) is 0 Å². The molecule has 6 fully saturated rings. The summed E-state index contributed by atoms with van der Waals surface area (Å²) in [6.45, 7) is 22.1. The van der Waals surface area contributed by atoms with E-state index >= 15 is 0 Å². The van der Waals surface area contributed by atoms with Crippen LogP contribution >= 0.6 is 0 Å². The Morgan fingerprint density at radius 3 is 0.982 bits per heavy atom. The van der Waals surface area contributed by atoms with E-state index in [1.807, 2.05) is 6.92 Å². The van der Waals surface area contributed by atoms with Crippen LogP contribution in [-0.2, 0) is 49.7 Å². The first-order chi connectivity index (χ1) is 23.4. The molecule has 7 heteroatoms. The smallest absolute Gasteiger partial charge is 0.358 e. The molecule has 6 aliphatic rings. The summed E-state index contributed by atoms with van der Waals surface area (Å²) in [7, 11) is -3.14. The Bertz CT molecular complexity index is 964. The average Bonchev–Trinajstić information content (AvgIpc) is 3.95. The fourth-order valence-electron chi connectivity index (χ4n) is 10.8. The van der Waals surface area contributed by atoms with Crippen LogP contribution in [-0.4, -0.2) is 38.4 Å². The molecule has 0 amide bonds. The molecule has 0 atom stereocenters. The van der Waals surface area contributed by atoms with Gasteiger partial charge < -0.3 is 37.1 Å². The van der Waals surface area contributed by atoms with Crippen molar-refractivity contribution in [2.75, 3.05) is 0 Å². The van der Waals surface area contributed by atoms with E-state index < -0.39 is 24.2 Å². The van der Waals surface area contributed by atoms with Crippen LogP contribution in [0.3, 0.4) is 0 Å². The van der Waals surface area contributed by atoms with Crippen LogP contribution in [0.1, 0.15) is 161 Å². The van der Waals surface area contributed by atoms with Crippen molar-refractivity contribution in [3.63, 3.8) is 0 Å². The molecular formula is C49H99Fe3Si4. The Hall–Kier alpha value is 1.42. The molecule has 0 bridgehead atoms. The first kappa shape index (κ1) is 69.1. The van der Waals surface area contributed by atoms with E-state index in [0.717, 1.165) is 11.1 Å². The molecule has 56 heavy (non-hydrogen) atoms. The summed E-state index contributed by atoms with van der Waals surface area (Å²) in [4.78, 5) is 0. The van der Waals surface area contributed by atoms with Crippen molar-refractivity contribution in [2.24, 2.45) is 0 Å². The van der Waals surface area contributed by atoms with Crippen molar-refractivity contribution in [3.05, 3.63) is 37.1 Å². The van der Waals surface area contributed by atoms with Gasteiger partial charge in [0.15, 0.2) is 0 Å². The van der Waals surface area contributed by atoms with E-state index in [2.05, 4.69) is 96.7 Å². The molecule has 6 aliphatic carbocycles. The summed E-state index contributed by atoms with van der Waals surface area (Å²) in [5, 5.41) is 0. The van der Waals surface area contributed by atoms with Crippen molar-refractivity contribution < 1.29 is 49.7 Å². The number of hydrogen-bond acceptors (Lipinski definition) is 0. The van der Waals surface area contributed by atoms with Gasteiger partial charge in [0.25, 0.3) is 0 Å². The average molecular weight is 968 g/mol. The second kappa shape index (κ2) is 37.0. The molecule has 335 valence electrons. The minimum absolute atomic E-state index is 0. The van der Waals surface area contributed by atoms with Gasteiger partial charge in [-0.3, -0.25) is 0 Å². The van der Waals surface area contributed by atoms with Gasteiger partial charge in [-0.15, -0.1) is 5.54 Å². The maximum atomic E-state index is 3.42. The van der Waals surface area contributed by atoms with Gasteiger partial charge in [0.05, 0.1) is 8.07 Å². The van der Waals surface area contributed by atoms with Gasteiger partial charge in [-0.25, -0.2) is 0 Å². The zero-order chi connectivity index (χ0) is 36.3.